The van der Waals surface area contributed by atoms with Gasteiger partial charge in [-0.1, -0.05) is 30.3 Å². The van der Waals surface area contributed by atoms with Gasteiger partial charge in [-0.2, -0.15) is 0 Å². The number of benzene rings is 1. The van der Waals surface area contributed by atoms with E-state index in [1.807, 2.05) is 30.3 Å². The summed E-state index contributed by atoms with van der Waals surface area (Å²) in [6.07, 6.45) is 1.22. The molecule has 0 fully saturated rings. The number of ether oxygens (including phenoxy) is 1. The molecule has 1 aromatic rings. The van der Waals surface area contributed by atoms with Crippen LogP contribution in [0.5, 0.6) is 0 Å². The van der Waals surface area contributed by atoms with Gasteiger partial charge in [0, 0.05) is 6.42 Å². The lowest BCUT2D eigenvalue weighted by Crippen LogP contribution is -2.21. The summed E-state index contributed by atoms with van der Waals surface area (Å²) < 4.78 is 4.63. The SMILES string of the molecule is COC(=O)CC(CN)Cc1ccccc1.Cl. The third-order valence-corrected chi connectivity index (χ3v) is 2.38. The van der Waals surface area contributed by atoms with Gasteiger partial charge in [0.1, 0.15) is 0 Å². The van der Waals surface area contributed by atoms with Crippen molar-refractivity contribution in [3.05, 3.63) is 35.9 Å². The molecular formula is C12H18ClNO2. The molecule has 0 aliphatic rings. The maximum atomic E-state index is 11.1. The second-order valence-corrected chi connectivity index (χ2v) is 3.57. The lowest BCUT2D eigenvalue weighted by Gasteiger charge is -2.12. The summed E-state index contributed by atoms with van der Waals surface area (Å²) >= 11 is 0. The predicted molar refractivity (Wildman–Crippen MR) is 66.6 cm³/mol. The van der Waals surface area contributed by atoms with E-state index in [-0.39, 0.29) is 24.3 Å². The Bertz CT molecular complexity index is 303. The molecular weight excluding hydrogens is 226 g/mol. The van der Waals surface area contributed by atoms with Crippen molar-refractivity contribution in [3.8, 4) is 0 Å². The fourth-order valence-corrected chi connectivity index (χ4v) is 1.51. The van der Waals surface area contributed by atoms with Gasteiger partial charge in [0.25, 0.3) is 0 Å². The van der Waals surface area contributed by atoms with Gasteiger partial charge >= 0.3 is 5.97 Å². The topological polar surface area (TPSA) is 52.3 Å². The largest absolute Gasteiger partial charge is 0.469 e. The van der Waals surface area contributed by atoms with Crippen molar-refractivity contribution >= 4 is 18.4 Å². The van der Waals surface area contributed by atoms with Gasteiger partial charge in [-0.05, 0) is 24.4 Å². The Morgan fingerprint density at radius 3 is 2.50 bits per heavy atom. The molecule has 0 bridgehead atoms. The van der Waals surface area contributed by atoms with Crippen LogP contribution in [0.15, 0.2) is 30.3 Å². The fourth-order valence-electron chi connectivity index (χ4n) is 1.51. The number of nitrogens with two attached hydrogens (primary N) is 1. The zero-order valence-electron chi connectivity index (χ0n) is 9.39. The molecule has 0 spiro atoms. The van der Waals surface area contributed by atoms with Crippen LogP contribution in [0.1, 0.15) is 12.0 Å². The molecule has 0 amide bonds. The van der Waals surface area contributed by atoms with E-state index in [9.17, 15) is 4.79 Å². The zero-order valence-corrected chi connectivity index (χ0v) is 10.2. The first-order chi connectivity index (χ1) is 7.26. The minimum atomic E-state index is -0.193. The number of esters is 1. The van der Waals surface area contributed by atoms with Crippen LogP contribution in [-0.4, -0.2) is 19.6 Å². The maximum Gasteiger partial charge on any atom is 0.305 e. The molecule has 0 saturated carbocycles. The van der Waals surface area contributed by atoms with Crippen molar-refractivity contribution in [1.29, 1.82) is 0 Å². The first-order valence-corrected chi connectivity index (χ1v) is 5.07. The summed E-state index contributed by atoms with van der Waals surface area (Å²) in [7, 11) is 1.40. The number of methoxy groups -OCH3 is 1. The molecule has 0 aromatic heterocycles. The van der Waals surface area contributed by atoms with Gasteiger partial charge in [-0.3, -0.25) is 4.79 Å². The Hall–Kier alpha value is -1.06. The second-order valence-electron chi connectivity index (χ2n) is 3.57. The van der Waals surface area contributed by atoms with Crippen LogP contribution in [0, 0.1) is 5.92 Å². The van der Waals surface area contributed by atoms with Gasteiger partial charge in [0.2, 0.25) is 0 Å². The van der Waals surface area contributed by atoms with Crippen molar-refractivity contribution in [2.45, 2.75) is 12.8 Å². The van der Waals surface area contributed by atoms with E-state index in [1.165, 1.54) is 12.7 Å². The molecule has 2 N–H and O–H groups in total. The molecule has 1 atom stereocenters. The summed E-state index contributed by atoms with van der Waals surface area (Å²) in [6, 6.07) is 10.0. The zero-order chi connectivity index (χ0) is 11.1. The van der Waals surface area contributed by atoms with E-state index in [4.69, 9.17) is 5.73 Å². The number of hydrogen-bond donors (Lipinski definition) is 1. The van der Waals surface area contributed by atoms with Crippen LogP contribution in [0.3, 0.4) is 0 Å². The van der Waals surface area contributed by atoms with E-state index in [2.05, 4.69) is 4.74 Å². The summed E-state index contributed by atoms with van der Waals surface area (Å²) in [4.78, 5) is 11.1. The molecule has 1 aromatic carbocycles. The van der Waals surface area contributed by atoms with Crippen molar-refractivity contribution in [2.75, 3.05) is 13.7 Å². The second kappa shape index (κ2) is 8.13. The summed E-state index contributed by atoms with van der Waals surface area (Å²) in [6.45, 7) is 0.504. The van der Waals surface area contributed by atoms with Crippen molar-refractivity contribution in [2.24, 2.45) is 11.7 Å². The monoisotopic (exact) mass is 243 g/mol. The minimum Gasteiger partial charge on any atom is -0.469 e. The Balaban J connectivity index is 0.00000225. The standard InChI is InChI=1S/C12H17NO2.ClH/c1-15-12(14)8-11(9-13)7-10-5-3-2-4-6-10;/h2-6,11H,7-9,13H2,1H3;1H. The highest BCUT2D eigenvalue weighted by molar-refractivity contribution is 5.85. The van der Waals surface area contributed by atoms with Crippen molar-refractivity contribution in [3.63, 3.8) is 0 Å². The number of rotatable bonds is 5. The lowest BCUT2D eigenvalue weighted by molar-refractivity contribution is -0.141. The number of halogens is 1. The molecule has 1 rings (SSSR count). The van der Waals surface area contributed by atoms with Gasteiger partial charge in [0.05, 0.1) is 7.11 Å². The third-order valence-electron chi connectivity index (χ3n) is 2.38. The molecule has 0 heterocycles. The van der Waals surface area contributed by atoms with Crippen LogP contribution >= 0.6 is 12.4 Å². The smallest absolute Gasteiger partial charge is 0.305 e. The first-order valence-electron chi connectivity index (χ1n) is 5.07. The molecule has 0 radical (unpaired) electrons. The molecule has 0 aliphatic heterocycles. The number of carbonyl (C=O) groups is 1. The van der Waals surface area contributed by atoms with Gasteiger partial charge in [-0.25, -0.2) is 0 Å². The van der Waals surface area contributed by atoms with Gasteiger partial charge < -0.3 is 10.5 Å². The van der Waals surface area contributed by atoms with Crippen LogP contribution < -0.4 is 5.73 Å². The fraction of sp³-hybridized carbons (Fsp3) is 0.417. The average molecular weight is 244 g/mol. The molecule has 4 heteroatoms. The molecule has 90 valence electrons. The van der Waals surface area contributed by atoms with E-state index < -0.39 is 0 Å². The van der Waals surface area contributed by atoms with Crippen LogP contribution in [0.2, 0.25) is 0 Å². The molecule has 0 saturated heterocycles. The first kappa shape index (κ1) is 14.9. The van der Waals surface area contributed by atoms with E-state index in [0.29, 0.717) is 13.0 Å². The normalized spacial score (nSPS) is 11.4. The Morgan fingerprint density at radius 1 is 1.38 bits per heavy atom. The van der Waals surface area contributed by atoms with Crippen LogP contribution in [0.25, 0.3) is 0 Å². The van der Waals surface area contributed by atoms with Crippen LogP contribution in [-0.2, 0) is 16.0 Å². The average Bonchev–Trinajstić information content (AvgIpc) is 2.29. The minimum absolute atomic E-state index is 0. The Labute approximate surface area is 102 Å². The van der Waals surface area contributed by atoms with Crippen molar-refractivity contribution in [1.82, 2.24) is 0 Å². The predicted octanol–water partition coefficient (Wildman–Crippen LogP) is 1.79. The maximum absolute atomic E-state index is 11.1. The Morgan fingerprint density at radius 2 is 2.00 bits per heavy atom. The molecule has 0 aliphatic carbocycles. The quantitative estimate of drug-likeness (QED) is 0.803. The number of carbonyl (C=O) groups excluding carboxylic acids is 1. The lowest BCUT2D eigenvalue weighted by atomic mass is 9.96. The Kier molecular flexibility index (Phi) is 7.60. The van der Waals surface area contributed by atoms with E-state index in [0.717, 1.165) is 6.42 Å². The van der Waals surface area contributed by atoms with E-state index in [1.54, 1.807) is 0 Å². The third kappa shape index (κ3) is 5.14. The van der Waals surface area contributed by atoms with Crippen LogP contribution in [0.4, 0.5) is 0 Å². The summed E-state index contributed by atoms with van der Waals surface area (Å²) in [5.41, 5.74) is 6.82. The molecule has 3 nitrogen and oxygen atoms in total. The highest BCUT2D eigenvalue weighted by atomic mass is 35.5. The van der Waals surface area contributed by atoms with Crippen molar-refractivity contribution < 1.29 is 9.53 Å². The highest BCUT2D eigenvalue weighted by Crippen LogP contribution is 2.11. The van der Waals surface area contributed by atoms with E-state index >= 15 is 0 Å². The summed E-state index contributed by atoms with van der Waals surface area (Å²) in [5, 5.41) is 0. The molecule has 1 unspecified atom stereocenters. The van der Waals surface area contributed by atoms with Gasteiger partial charge in [0.15, 0.2) is 0 Å². The summed E-state index contributed by atoms with van der Waals surface area (Å²) in [5.74, 6) is -0.0266. The number of hydrogen-bond acceptors (Lipinski definition) is 3. The highest BCUT2D eigenvalue weighted by Gasteiger charge is 2.12. The molecule has 16 heavy (non-hydrogen) atoms. The van der Waals surface area contributed by atoms with Gasteiger partial charge in [-0.15, -0.1) is 12.4 Å².